The number of carbonyl (C=O) groups excluding carboxylic acids is 2. The SMILES string of the molecule is O=C(/C=C\c1ccccc1)C1=C(O)C(=O)O[C@@H]1c1ccccc1. The van der Waals surface area contributed by atoms with E-state index in [1.54, 1.807) is 30.3 Å². The second-order valence-corrected chi connectivity index (χ2v) is 5.07. The zero-order valence-corrected chi connectivity index (χ0v) is 12.2. The Morgan fingerprint density at radius 3 is 2.26 bits per heavy atom. The molecule has 0 saturated heterocycles. The summed E-state index contributed by atoms with van der Waals surface area (Å²) in [6.45, 7) is 0. The summed E-state index contributed by atoms with van der Waals surface area (Å²) in [5.41, 5.74) is 1.46. The summed E-state index contributed by atoms with van der Waals surface area (Å²) in [5, 5.41) is 9.91. The molecule has 0 bridgehead atoms. The third kappa shape index (κ3) is 3.06. The van der Waals surface area contributed by atoms with Crippen LogP contribution in [-0.2, 0) is 14.3 Å². The van der Waals surface area contributed by atoms with Gasteiger partial charge in [0, 0.05) is 0 Å². The van der Waals surface area contributed by atoms with Gasteiger partial charge in [-0.1, -0.05) is 66.7 Å². The topological polar surface area (TPSA) is 63.6 Å². The molecule has 1 aliphatic heterocycles. The molecule has 4 heteroatoms. The molecule has 114 valence electrons. The van der Waals surface area contributed by atoms with Crippen molar-refractivity contribution >= 4 is 17.8 Å². The minimum absolute atomic E-state index is 0.0339. The Bertz CT molecular complexity index is 789. The summed E-state index contributed by atoms with van der Waals surface area (Å²) >= 11 is 0. The minimum Gasteiger partial charge on any atom is -0.501 e. The van der Waals surface area contributed by atoms with Crippen LogP contribution >= 0.6 is 0 Å². The fourth-order valence-corrected chi connectivity index (χ4v) is 2.39. The van der Waals surface area contributed by atoms with Crippen LogP contribution in [0.3, 0.4) is 0 Å². The van der Waals surface area contributed by atoms with Crippen molar-refractivity contribution in [2.75, 3.05) is 0 Å². The Balaban J connectivity index is 1.90. The fourth-order valence-electron chi connectivity index (χ4n) is 2.39. The summed E-state index contributed by atoms with van der Waals surface area (Å²) in [5.74, 6) is -1.96. The maximum absolute atomic E-state index is 12.4. The Morgan fingerprint density at radius 1 is 1.00 bits per heavy atom. The average Bonchev–Trinajstić information content (AvgIpc) is 2.90. The van der Waals surface area contributed by atoms with Gasteiger partial charge in [0.05, 0.1) is 5.57 Å². The first-order valence-electron chi connectivity index (χ1n) is 7.13. The Kier molecular flexibility index (Phi) is 4.06. The highest BCUT2D eigenvalue weighted by atomic mass is 16.6. The zero-order chi connectivity index (χ0) is 16.2. The number of hydrogen-bond acceptors (Lipinski definition) is 4. The van der Waals surface area contributed by atoms with E-state index in [0.29, 0.717) is 5.56 Å². The molecule has 0 amide bonds. The quantitative estimate of drug-likeness (QED) is 0.695. The van der Waals surface area contributed by atoms with E-state index in [9.17, 15) is 14.7 Å². The molecule has 3 rings (SSSR count). The van der Waals surface area contributed by atoms with Crippen LogP contribution in [0.15, 0.2) is 78.1 Å². The van der Waals surface area contributed by atoms with Gasteiger partial charge in [0.1, 0.15) is 0 Å². The summed E-state index contributed by atoms with van der Waals surface area (Å²) in [6.07, 6.45) is 2.09. The fraction of sp³-hybridized carbons (Fsp3) is 0.0526. The van der Waals surface area contributed by atoms with Gasteiger partial charge in [-0.3, -0.25) is 4.79 Å². The molecule has 0 aromatic heterocycles. The first-order chi connectivity index (χ1) is 11.2. The predicted molar refractivity (Wildman–Crippen MR) is 85.4 cm³/mol. The van der Waals surface area contributed by atoms with Crippen molar-refractivity contribution in [3.05, 3.63) is 89.2 Å². The van der Waals surface area contributed by atoms with Crippen LogP contribution < -0.4 is 0 Å². The lowest BCUT2D eigenvalue weighted by molar-refractivity contribution is -0.142. The Hall–Kier alpha value is -3.14. The largest absolute Gasteiger partial charge is 0.501 e. The second-order valence-electron chi connectivity index (χ2n) is 5.07. The highest BCUT2D eigenvalue weighted by Crippen LogP contribution is 2.34. The first kappa shape index (κ1) is 14.8. The number of hydrogen-bond donors (Lipinski definition) is 1. The highest BCUT2D eigenvalue weighted by Gasteiger charge is 2.38. The van der Waals surface area contributed by atoms with Gasteiger partial charge in [-0.25, -0.2) is 4.79 Å². The van der Waals surface area contributed by atoms with Crippen molar-refractivity contribution in [3.8, 4) is 0 Å². The third-order valence-electron chi connectivity index (χ3n) is 3.53. The standard InChI is InChI=1S/C19H14O4/c20-15(12-11-13-7-3-1-4-8-13)16-17(21)19(22)23-18(16)14-9-5-2-6-10-14/h1-12,18,21H/b12-11-/t18-/m1/s1. The molecular weight excluding hydrogens is 292 g/mol. The molecule has 0 radical (unpaired) electrons. The van der Waals surface area contributed by atoms with Crippen molar-refractivity contribution in [3.63, 3.8) is 0 Å². The lowest BCUT2D eigenvalue weighted by Crippen LogP contribution is -2.08. The number of esters is 1. The first-order valence-corrected chi connectivity index (χ1v) is 7.13. The smallest absolute Gasteiger partial charge is 0.374 e. The number of benzene rings is 2. The monoisotopic (exact) mass is 306 g/mol. The van der Waals surface area contributed by atoms with Crippen LogP contribution in [0.5, 0.6) is 0 Å². The third-order valence-corrected chi connectivity index (χ3v) is 3.53. The predicted octanol–water partition coefficient (Wildman–Crippen LogP) is 3.38. The van der Waals surface area contributed by atoms with Crippen molar-refractivity contribution in [1.29, 1.82) is 0 Å². The summed E-state index contributed by atoms with van der Waals surface area (Å²) in [7, 11) is 0. The van der Waals surface area contributed by atoms with Gasteiger partial charge in [-0.15, -0.1) is 0 Å². The van der Waals surface area contributed by atoms with Gasteiger partial charge in [-0.05, 0) is 17.2 Å². The van der Waals surface area contributed by atoms with Crippen molar-refractivity contribution < 1.29 is 19.4 Å². The van der Waals surface area contributed by atoms with Crippen LogP contribution in [0.1, 0.15) is 17.2 Å². The van der Waals surface area contributed by atoms with E-state index in [-0.39, 0.29) is 5.57 Å². The lowest BCUT2D eigenvalue weighted by Gasteiger charge is -2.11. The molecule has 0 fully saturated rings. The molecule has 0 spiro atoms. The van der Waals surface area contributed by atoms with Crippen molar-refractivity contribution in [2.45, 2.75) is 6.10 Å². The molecule has 0 unspecified atom stereocenters. The molecule has 1 heterocycles. The van der Waals surface area contributed by atoms with E-state index in [0.717, 1.165) is 5.56 Å². The molecule has 1 atom stereocenters. The normalized spacial score (nSPS) is 17.6. The number of aliphatic hydroxyl groups is 1. The second kappa shape index (κ2) is 6.32. The minimum atomic E-state index is -0.879. The molecule has 23 heavy (non-hydrogen) atoms. The number of aliphatic hydroxyl groups excluding tert-OH is 1. The molecular formula is C19H14O4. The van der Waals surface area contributed by atoms with Crippen LogP contribution in [0.2, 0.25) is 0 Å². The number of allylic oxidation sites excluding steroid dienone is 1. The number of ketones is 1. The number of rotatable bonds is 4. The van der Waals surface area contributed by atoms with Crippen LogP contribution in [0.25, 0.3) is 6.08 Å². The summed E-state index contributed by atoms with van der Waals surface area (Å²) in [6, 6.07) is 18.1. The van der Waals surface area contributed by atoms with Gasteiger partial charge >= 0.3 is 5.97 Å². The maximum atomic E-state index is 12.4. The van der Waals surface area contributed by atoms with E-state index < -0.39 is 23.6 Å². The summed E-state index contributed by atoms with van der Waals surface area (Å²) in [4.78, 5) is 24.1. The van der Waals surface area contributed by atoms with E-state index >= 15 is 0 Å². The van der Waals surface area contributed by atoms with Crippen LogP contribution in [0.4, 0.5) is 0 Å². The van der Waals surface area contributed by atoms with Gasteiger partial charge < -0.3 is 9.84 Å². The van der Waals surface area contributed by atoms with Gasteiger partial charge in [0.25, 0.3) is 0 Å². The Labute approximate surface area is 133 Å². The van der Waals surface area contributed by atoms with Gasteiger partial charge in [-0.2, -0.15) is 0 Å². The molecule has 0 aliphatic carbocycles. The maximum Gasteiger partial charge on any atom is 0.374 e. The number of cyclic esters (lactones) is 1. The summed E-state index contributed by atoms with van der Waals surface area (Å²) < 4.78 is 5.13. The average molecular weight is 306 g/mol. The van der Waals surface area contributed by atoms with Crippen molar-refractivity contribution in [1.82, 2.24) is 0 Å². The molecule has 1 aliphatic rings. The lowest BCUT2D eigenvalue weighted by atomic mass is 9.98. The molecule has 2 aromatic carbocycles. The van der Waals surface area contributed by atoms with E-state index in [1.807, 2.05) is 36.4 Å². The highest BCUT2D eigenvalue weighted by molar-refractivity contribution is 6.12. The molecule has 2 aromatic rings. The Morgan fingerprint density at radius 2 is 1.61 bits per heavy atom. The molecule has 4 nitrogen and oxygen atoms in total. The number of ether oxygens (including phenoxy) is 1. The number of carbonyl (C=O) groups is 2. The van der Waals surface area contributed by atoms with E-state index in [1.165, 1.54) is 6.08 Å². The van der Waals surface area contributed by atoms with Gasteiger partial charge in [0.2, 0.25) is 5.76 Å². The molecule has 0 saturated carbocycles. The van der Waals surface area contributed by atoms with Crippen LogP contribution in [-0.4, -0.2) is 16.9 Å². The van der Waals surface area contributed by atoms with E-state index in [2.05, 4.69) is 0 Å². The molecule has 1 N–H and O–H groups in total. The van der Waals surface area contributed by atoms with Crippen molar-refractivity contribution in [2.24, 2.45) is 0 Å². The zero-order valence-electron chi connectivity index (χ0n) is 12.2. The van der Waals surface area contributed by atoms with Gasteiger partial charge in [0.15, 0.2) is 11.9 Å². The van der Waals surface area contributed by atoms with Crippen LogP contribution in [0, 0.1) is 0 Å². The van der Waals surface area contributed by atoms with E-state index in [4.69, 9.17) is 4.74 Å².